The summed E-state index contributed by atoms with van der Waals surface area (Å²) in [4.78, 5) is 12.1. The number of para-hydroxylation sites is 1. The van der Waals surface area contributed by atoms with Gasteiger partial charge < -0.3 is 5.32 Å². The number of aromatic nitrogens is 2. The third-order valence-corrected chi connectivity index (χ3v) is 5.33. The zero-order valence-electron chi connectivity index (χ0n) is 15.3. The quantitative estimate of drug-likeness (QED) is 0.590. The van der Waals surface area contributed by atoms with Crippen molar-refractivity contribution in [2.75, 3.05) is 6.54 Å². The minimum absolute atomic E-state index is 0.0246. The van der Waals surface area contributed by atoms with E-state index in [-0.39, 0.29) is 11.2 Å². The maximum atomic E-state index is 12.1. The smallest absolute Gasteiger partial charge is 0.233 e. The van der Waals surface area contributed by atoms with Gasteiger partial charge in [-0.2, -0.15) is 5.10 Å². The molecule has 0 aliphatic carbocycles. The highest BCUT2D eigenvalue weighted by Gasteiger charge is 2.17. The molecule has 27 heavy (non-hydrogen) atoms. The fraction of sp³-hybridized carbons (Fsp3) is 0.182. The zero-order chi connectivity index (χ0) is 19.1. The van der Waals surface area contributed by atoms with E-state index in [0.717, 1.165) is 22.5 Å². The van der Waals surface area contributed by atoms with Gasteiger partial charge in [-0.05, 0) is 19.1 Å². The first-order valence-corrected chi connectivity index (χ1v) is 9.93. The Bertz CT molecular complexity index is 890. The van der Waals surface area contributed by atoms with Crippen molar-refractivity contribution in [1.82, 2.24) is 15.1 Å². The van der Waals surface area contributed by atoms with Gasteiger partial charge in [0.05, 0.1) is 16.6 Å². The Hall–Kier alpha value is -2.79. The van der Waals surface area contributed by atoms with Crippen LogP contribution in [0.3, 0.4) is 0 Å². The van der Waals surface area contributed by atoms with E-state index in [9.17, 15) is 4.79 Å². The molecule has 0 bridgehead atoms. The highest BCUT2D eigenvalue weighted by molar-refractivity contribution is 7.99. The van der Waals surface area contributed by atoms with Crippen molar-refractivity contribution in [3.63, 3.8) is 0 Å². The summed E-state index contributed by atoms with van der Waals surface area (Å²) in [5, 5.41) is 7.51. The second-order valence-electron chi connectivity index (χ2n) is 6.14. The zero-order valence-corrected chi connectivity index (χ0v) is 16.2. The fourth-order valence-electron chi connectivity index (χ4n) is 2.67. The normalized spacial score (nSPS) is 11.7. The van der Waals surface area contributed by atoms with Crippen LogP contribution in [0.5, 0.6) is 0 Å². The van der Waals surface area contributed by atoms with Gasteiger partial charge in [-0.1, -0.05) is 54.6 Å². The third-order valence-electron chi connectivity index (χ3n) is 4.14. The van der Waals surface area contributed by atoms with Crippen LogP contribution in [0, 0.1) is 0 Å². The topological polar surface area (TPSA) is 46.9 Å². The van der Waals surface area contributed by atoms with Crippen LogP contribution in [0.15, 0.2) is 79.5 Å². The van der Waals surface area contributed by atoms with Crippen molar-refractivity contribution in [3.05, 3.63) is 85.1 Å². The van der Waals surface area contributed by atoms with Crippen LogP contribution in [0.1, 0.15) is 12.5 Å². The summed E-state index contributed by atoms with van der Waals surface area (Å²) >= 11 is 1.61. The predicted molar refractivity (Wildman–Crippen MR) is 113 cm³/mol. The van der Waals surface area contributed by atoms with E-state index in [1.807, 2.05) is 60.1 Å². The van der Waals surface area contributed by atoms with Crippen LogP contribution in [0.25, 0.3) is 16.9 Å². The molecule has 4 nitrogen and oxygen atoms in total. The molecule has 1 unspecified atom stereocenters. The molecule has 1 amide bonds. The average Bonchev–Trinajstić information content (AvgIpc) is 3.15. The molecule has 1 N–H and O–H groups in total. The summed E-state index contributed by atoms with van der Waals surface area (Å²) in [5.41, 5.74) is 4.15. The number of amides is 1. The minimum atomic E-state index is -0.145. The van der Waals surface area contributed by atoms with Crippen molar-refractivity contribution in [1.29, 1.82) is 0 Å². The van der Waals surface area contributed by atoms with Crippen molar-refractivity contribution in [2.24, 2.45) is 0 Å². The Morgan fingerprint density at radius 3 is 2.52 bits per heavy atom. The van der Waals surface area contributed by atoms with Gasteiger partial charge in [-0.15, -0.1) is 18.3 Å². The number of rotatable bonds is 8. The molecular formula is C22H23N3OS. The molecule has 0 radical (unpaired) electrons. The van der Waals surface area contributed by atoms with Crippen molar-refractivity contribution in [3.8, 4) is 16.9 Å². The third kappa shape index (κ3) is 4.89. The van der Waals surface area contributed by atoms with E-state index in [4.69, 9.17) is 5.10 Å². The van der Waals surface area contributed by atoms with Crippen molar-refractivity contribution < 1.29 is 4.79 Å². The maximum absolute atomic E-state index is 12.1. The van der Waals surface area contributed by atoms with Gasteiger partial charge in [0.15, 0.2) is 0 Å². The van der Waals surface area contributed by atoms with Gasteiger partial charge in [-0.25, -0.2) is 4.68 Å². The summed E-state index contributed by atoms with van der Waals surface area (Å²) in [5.74, 6) is 0.733. The largest absolute Gasteiger partial charge is 0.352 e. The van der Waals surface area contributed by atoms with Crippen LogP contribution in [-0.2, 0) is 10.5 Å². The van der Waals surface area contributed by atoms with E-state index in [1.54, 1.807) is 17.8 Å². The molecule has 0 saturated carbocycles. The lowest BCUT2D eigenvalue weighted by Gasteiger charge is -2.10. The molecule has 5 heteroatoms. The molecule has 1 heterocycles. The Balaban J connectivity index is 1.83. The number of benzene rings is 2. The molecule has 0 fully saturated rings. The molecule has 1 aromatic heterocycles. The lowest BCUT2D eigenvalue weighted by atomic mass is 10.1. The van der Waals surface area contributed by atoms with Crippen LogP contribution in [0.2, 0.25) is 0 Å². The highest BCUT2D eigenvalue weighted by atomic mass is 32.2. The van der Waals surface area contributed by atoms with E-state index in [0.29, 0.717) is 12.3 Å². The Morgan fingerprint density at radius 1 is 1.19 bits per heavy atom. The summed E-state index contributed by atoms with van der Waals surface area (Å²) in [7, 11) is 0. The number of hydrogen-bond acceptors (Lipinski definition) is 3. The first-order chi connectivity index (χ1) is 13.2. The van der Waals surface area contributed by atoms with Crippen LogP contribution in [-0.4, -0.2) is 27.5 Å². The number of carbonyl (C=O) groups is 1. The van der Waals surface area contributed by atoms with Gasteiger partial charge in [0.1, 0.15) is 0 Å². The summed E-state index contributed by atoms with van der Waals surface area (Å²) in [6.45, 7) is 6.04. The molecule has 3 rings (SSSR count). The predicted octanol–water partition coefficient (Wildman–Crippen LogP) is 4.46. The molecular weight excluding hydrogens is 354 g/mol. The molecule has 1 atom stereocenters. The van der Waals surface area contributed by atoms with Gasteiger partial charge in [0, 0.05) is 29.6 Å². The van der Waals surface area contributed by atoms with Crippen LogP contribution >= 0.6 is 11.8 Å². The lowest BCUT2D eigenvalue weighted by molar-refractivity contribution is -0.120. The monoisotopic (exact) mass is 377 g/mol. The molecule has 0 saturated heterocycles. The molecule has 0 aliphatic rings. The second-order valence-corrected chi connectivity index (χ2v) is 7.47. The first-order valence-electron chi connectivity index (χ1n) is 8.88. The Kier molecular flexibility index (Phi) is 6.49. The van der Waals surface area contributed by atoms with E-state index in [2.05, 4.69) is 30.2 Å². The lowest BCUT2D eigenvalue weighted by Crippen LogP contribution is -2.30. The molecule has 2 aromatic carbocycles. The number of nitrogens with zero attached hydrogens (tertiary/aromatic N) is 2. The van der Waals surface area contributed by atoms with Gasteiger partial charge in [0.2, 0.25) is 5.91 Å². The molecule has 0 spiro atoms. The number of nitrogens with one attached hydrogen (secondary N) is 1. The molecule has 0 aliphatic heterocycles. The number of hydrogen-bond donors (Lipinski definition) is 1. The second kappa shape index (κ2) is 9.24. The van der Waals surface area contributed by atoms with Gasteiger partial charge in [0.25, 0.3) is 0 Å². The Morgan fingerprint density at radius 2 is 1.85 bits per heavy atom. The first kappa shape index (κ1) is 19.0. The van der Waals surface area contributed by atoms with Crippen LogP contribution < -0.4 is 5.32 Å². The van der Waals surface area contributed by atoms with Crippen LogP contribution in [0.4, 0.5) is 0 Å². The Labute approximate surface area is 164 Å². The van der Waals surface area contributed by atoms with Gasteiger partial charge >= 0.3 is 0 Å². The molecule has 3 aromatic rings. The standard InChI is InChI=1S/C22H23N3OS/c1-3-14-23-22(26)17(2)27-16-19-15-25(20-12-8-5-9-13-20)24-21(19)18-10-6-4-7-11-18/h3-13,15,17H,1,14,16H2,2H3,(H,23,26). The fourth-order valence-corrected chi connectivity index (χ4v) is 3.55. The number of carbonyl (C=O) groups excluding carboxylic acids is 1. The SMILES string of the molecule is C=CCNC(=O)C(C)SCc1cn(-c2ccccc2)nc1-c1ccccc1. The molecule has 138 valence electrons. The van der Waals surface area contributed by atoms with Crippen molar-refractivity contribution in [2.45, 2.75) is 17.9 Å². The summed E-state index contributed by atoms with van der Waals surface area (Å²) in [6.07, 6.45) is 3.74. The van der Waals surface area contributed by atoms with E-state index < -0.39 is 0 Å². The van der Waals surface area contributed by atoms with Gasteiger partial charge in [-0.3, -0.25) is 4.79 Å². The maximum Gasteiger partial charge on any atom is 0.233 e. The summed E-state index contributed by atoms with van der Waals surface area (Å²) in [6, 6.07) is 20.2. The van der Waals surface area contributed by atoms with Crippen molar-refractivity contribution >= 4 is 17.7 Å². The minimum Gasteiger partial charge on any atom is -0.352 e. The number of thioether (sulfide) groups is 1. The van der Waals surface area contributed by atoms with E-state index >= 15 is 0 Å². The summed E-state index contributed by atoms with van der Waals surface area (Å²) < 4.78 is 1.90. The highest BCUT2D eigenvalue weighted by Crippen LogP contribution is 2.28. The average molecular weight is 378 g/mol. The van der Waals surface area contributed by atoms with E-state index in [1.165, 1.54) is 0 Å².